The Labute approximate surface area is 96.7 Å². The van der Waals surface area contributed by atoms with Gasteiger partial charge in [-0.05, 0) is 27.2 Å². The van der Waals surface area contributed by atoms with Gasteiger partial charge in [0, 0.05) is 19.0 Å². The van der Waals surface area contributed by atoms with Crippen molar-refractivity contribution in [3.63, 3.8) is 0 Å². The minimum absolute atomic E-state index is 0.144. The van der Waals surface area contributed by atoms with Gasteiger partial charge in [0.2, 0.25) is 0 Å². The zero-order valence-corrected chi connectivity index (χ0v) is 10.3. The summed E-state index contributed by atoms with van der Waals surface area (Å²) in [6.45, 7) is 7.33. The summed E-state index contributed by atoms with van der Waals surface area (Å²) >= 11 is 0. The molecule has 0 aromatic rings. The normalized spacial score (nSPS) is 25.5. The van der Waals surface area contributed by atoms with Gasteiger partial charge in [0.25, 0.3) is 0 Å². The maximum absolute atomic E-state index is 11.4. The Kier molecular flexibility index (Phi) is 4.56. The Hall–Kier alpha value is -0.810. The molecule has 0 radical (unpaired) electrons. The van der Waals surface area contributed by atoms with E-state index in [-0.39, 0.29) is 12.2 Å². The first-order valence-electron chi connectivity index (χ1n) is 5.69. The van der Waals surface area contributed by atoms with Crippen molar-refractivity contribution in [2.75, 3.05) is 19.7 Å². The zero-order chi connectivity index (χ0) is 12.2. The van der Waals surface area contributed by atoms with Gasteiger partial charge in [-0.3, -0.25) is 0 Å². The summed E-state index contributed by atoms with van der Waals surface area (Å²) in [5.74, 6) is 0.348. The van der Waals surface area contributed by atoms with Crippen LogP contribution in [0.1, 0.15) is 27.2 Å². The molecule has 2 unspecified atom stereocenters. The van der Waals surface area contributed by atoms with E-state index >= 15 is 0 Å². The zero-order valence-electron chi connectivity index (χ0n) is 10.3. The number of hydrogen-bond acceptors (Lipinski definition) is 4. The van der Waals surface area contributed by atoms with Crippen molar-refractivity contribution in [2.45, 2.75) is 38.9 Å². The average molecular weight is 230 g/mol. The number of ether oxygens (including phenoxy) is 2. The van der Waals surface area contributed by atoms with Gasteiger partial charge in [-0.25, -0.2) is 4.79 Å². The minimum Gasteiger partial charge on any atom is -0.444 e. The van der Waals surface area contributed by atoms with Crippen molar-refractivity contribution >= 4 is 6.09 Å². The van der Waals surface area contributed by atoms with Gasteiger partial charge >= 0.3 is 6.09 Å². The molecule has 1 heterocycles. The fourth-order valence-electron chi connectivity index (χ4n) is 1.63. The van der Waals surface area contributed by atoms with Gasteiger partial charge in [0.1, 0.15) is 5.60 Å². The molecule has 1 amide bonds. The maximum Gasteiger partial charge on any atom is 0.407 e. The van der Waals surface area contributed by atoms with E-state index in [2.05, 4.69) is 5.32 Å². The highest BCUT2D eigenvalue weighted by atomic mass is 16.6. The Morgan fingerprint density at radius 2 is 2.25 bits per heavy atom. The molecule has 5 nitrogen and oxygen atoms in total. The predicted molar refractivity (Wildman–Crippen MR) is 61.1 cm³/mol. The summed E-state index contributed by atoms with van der Waals surface area (Å²) < 4.78 is 10.6. The third-order valence-electron chi connectivity index (χ3n) is 2.36. The monoisotopic (exact) mass is 230 g/mol. The lowest BCUT2D eigenvalue weighted by Gasteiger charge is -2.20. The van der Waals surface area contributed by atoms with Crippen LogP contribution in [-0.2, 0) is 9.47 Å². The predicted octanol–water partition coefficient (Wildman–Crippen LogP) is 0.875. The summed E-state index contributed by atoms with van der Waals surface area (Å²) in [6, 6.07) is 0. The molecule has 16 heavy (non-hydrogen) atoms. The number of hydrogen-bond donors (Lipinski definition) is 2. The summed E-state index contributed by atoms with van der Waals surface area (Å²) in [5, 5.41) is 2.74. The fourth-order valence-corrected chi connectivity index (χ4v) is 1.63. The van der Waals surface area contributed by atoms with Crippen LogP contribution in [0, 0.1) is 5.92 Å². The molecule has 1 aliphatic heterocycles. The number of alkyl carbamates (subject to hydrolysis) is 1. The molecule has 94 valence electrons. The molecule has 1 fully saturated rings. The largest absolute Gasteiger partial charge is 0.444 e. The molecule has 0 aromatic carbocycles. The number of amides is 1. The molecule has 0 spiro atoms. The molecule has 5 heteroatoms. The molecule has 1 rings (SSSR count). The average Bonchev–Trinajstić information content (AvgIpc) is 2.59. The summed E-state index contributed by atoms with van der Waals surface area (Å²) in [5.41, 5.74) is 5.05. The van der Waals surface area contributed by atoms with Crippen LogP contribution < -0.4 is 11.1 Å². The summed E-state index contributed by atoms with van der Waals surface area (Å²) in [7, 11) is 0. The molecule has 3 N–H and O–H groups in total. The topological polar surface area (TPSA) is 73.6 Å². The van der Waals surface area contributed by atoms with Crippen LogP contribution in [0.2, 0.25) is 0 Å². The van der Waals surface area contributed by atoms with E-state index in [0.717, 1.165) is 6.42 Å². The summed E-state index contributed by atoms with van der Waals surface area (Å²) in [6.07, 6.45) is 0.681. The number of carbonyl (C=O) groups excluding carboxylic acids is 1. The lowest BCUT2D eigenvalue weighted by Crippen LogP contribution is -2.35. The first-order chi connectivity index (χ1) is 7.40. The fraction of sp³-hybridized carbons (Fsp3) is 0.909. The van der Waals surface area contributed by atoms with E-state index in [0.29, 0.717) is 25.6 Å². The molecule has 2 atom stereocenters. The van der Waals surface area contributed by atoms with Gasteiger partial charge in [-0.15, -0.1) is 0 Å². The van der Waals surface area contributed by atoms with E-state index in [4.69, 9.17) is 15.2 Å². The standard InChI is InChI=1S/C11H22N2O3/c1-11(2,3)16-10(14)13-6-8-4-9(5-12)15-7-8/h8-9H,4-7,12H2,1-3H3,(H,13,14). The van der Waals surface area contributed by atoms with E-state index in [1.807, 2.05) is 20.8 Å². The van der Waals surface area contributed by atoms with Gasteiger partial charge in [-0.1, -0.05) is 0 Å². The molecule has 0 aliphatic carbocycles. The van der Waals surface area contributed by atoms with Crippen molar-refractivity contribution < 1.29 is 14.3 Å². The Morgan fingerprint density at radius 1 is 1.56 bits per heavy atom. The van der Waals surface area contributed by atoms with Crippen molar-refractivity contribution in [3.05, 3.63) is 0 Å². The minimum atomic E-state index is -0.448. The van der Waals surface area contributed by atoms with E-state index in [9.17, 15) is 4.79 Å². The molecule has 0 aromatic heterocycles. The smallest absolute Gasteiger partial charge is 0.407 e. The maximum atomic E-state index is 11.4. The van der Waals surface area contributed by atoms with Crippen molar-refractivity contribution in [3.8, 4) is 0 Å². The van der Waals surface area contributed by atoms with Gasteiger partial charge < -0.3 is 20.5 Å². The van der Waals surface area contributed by atoms with E-state index < -0.39 is 5.60 Å². The van der Waals surface area contributed by atoms with Crippen LogP contribution in [0.4, 0.5) is 4.79 Å². The third kappa shape index (κ3) is 4.81. The van der Waals surface area contributed by atoms with Crippen LogP contribution in [0.15, 0.2) is 0 Å². The highest BCUT2D eigenvalue weighted by Gasteiger charge is 2.25. The van der Waals surface area contributed by atoms with Gasteiger partial charge in [0.15, 0.2) is 0 Å². The second kappa shape index (κ2) is 5.50. The number of nitrogens with one attached hydrogen (secondary N) is 1. The number of carbonyl (C=O) groups is 1. The van der Waals surface area contributed by atoms with Gasteiger partial charge in [0.05, 0.1) is 12.7 Å². The molecular formula is C11H22N2O3. The molecular weight excluding hydrogens is 208 g/mol. The van der Waals surface area contributed by atoms with Crippen LogP contribution in [0.3, 0.4) is 0 Å². The molecule has 0 saturated carbocycles. The number of nitrogens with two attached hydrogens (primary N) is 1. The highest BCUT2D eigenvalue weighted by molar-refractivity contribution is 5.67. The van der Waals surface area contributed by atoms with Crippen LogP contribution >= 0.6 is 0 Å². The summed E-state index contributed by atoms with van der Waals surface area (Å²) in [4.78, 5) is 11.4. The number of rotatable bonds is 3. The van der Waals surface area contributed by atoms with E-state index in [1.165, 1.54) is 0 Å². The SMILES string of the molecule is CC(C)(C)OC(=O)NCC1COC(CN)C1. The van der Waals surface area contributed by atoms with Crippen LogP contribution in [0.5, 0.6) is 0 Å². The lowest BCUT2D eigenvalue weighted by molar-refractivity contribution is 0.0517. The second-order valence-corrected chi connectivity index (χ2v) is 5.18. The lowest BCUT2D eigenvalue weighted by atomic mass is 10.1. The highest BCUT2D eigenvalue weighted by Crippen LogP contribution is 2.18. The Morgan fingerprint density at radius 3 is 2.75 bits per heavy atom. The molecule has 1 saturated heterocycles. The third-order valence-corrected chi connectivity index (χ3v) is 2.36. The molecule has 0 bridgehead atoms. The Balaban J connectivity index is 2.18. The second-order valence-electron chi connectivity index (χ2n) is 5.18. The van der Waals surface area contributed by atoms with Crippen LogP contribution in [-0.4, -0.2) is 37.5 Å². The first-order valence-corrected chi connectivity index (χ1v) is 5.69. The Bertz CT molecular complexity index is 238. The van der Waals surface area contributed by atoms with Crippen molar-refractivity contribution in [1.82, 2.24) is 5.32 Å². The first kappa shape index (κ1) is 13.3. The van der Waals surface area contributed by atoms with E-state index in [1.54, 1.807) is 0 Å². The van der Waals surface area contributed by atoms with Crippen molar-refractivity contribution in [1.29, 1.82) is 0 Å². The van der Waals surface area contributed by atoms with Crippen molar-refractivity contribution in [2.24, 2.45) is 11.7 Å². The van der Waals surface area contributed by atoms with Gasteiger partial charge in [-0.2, -0.15) is 0 Å². The molecule has 1 aliphatic rings. The quantitative estimate of drug-likeness (QED) is 0.754. The van der Waals surface area contributed by atoms with Crippen LogP contribution in [0.25, 0.3) is 0 Å².